The molecule has 1 saturated heterocycles. The molecule has 6 nitrogen and oxygen atoms in total. The van der Waals surface area contributed by atoms with E-state index in [-0.39, 0.29) is 6.10 Å². The maximum atomic E-state index is 5.59. The molecule has 16 heavy (non-hydrogen) atoms. The largest absolute Gasteiger partial charge is 0.373 e. The van der Waals surface area contributed by atoms with Crippen molar-refractivity contribution in [1.82, 2.24) is 15.2 Å². The van der Waals surface area contributed by atoms with E-state index in [0.29, 0.717) is 19.1 Å². The minimum Gasteiger partial charge on any atom is -0.373 e. The lowest BCUT2D eigenvalue weighted by Crippen LogP contribution is -2.46. The van der Waals surface area contributed by atoms with Gasteiger partial charge in [-0.3, -0.25) is 0 Å². The molecule has 88 valence electrons. The third kappa shape index (κ3) is 2.28. The van der Waals surface area contributed by atoms with Crippen molar-refractivity contribution < 1.29 is 4.74 Å². The van der Waals surface area contributed by atoms with Crippen molar-refractivity contribution in [2.75, 3.05) is 31.1 Å². The van der Waals surface area contributed by atoms with Gasteiger partial charge in [-0.15, -0.1) is 5.10 Å². The number of hydrogen-bond donors (Lipinski definition) is 1. The maximum Gasteiger partial charge on any atom is 0.245 e. The molecule has 1 fully saturated rings. The van der Waals surface area contributed by atoms with Gasteiger partial charge in [0.25, 0.3) is 0 Å². The van der Waals surface area contributed by atoms with Crippen molar-refractivity contribution in [3.8, 4) is 0 Å². The fraction of sp³-hybridized carbons (Fsp3) is 0.700. The Labute approximate surface area is 94.8 Å². The van der Waals surface area contributed by atoms with Gasteiger partial charge in [0.15, 0.2) is 0 Å². The molecule has 0 radical (unpaired) electrons. The van der Waals surface area contributed by atoms with Crippen molar-refractivity contribution in [3.63, 3.8) is 0 Å². The SMILES string of the molecule is Cc1nnc(N2CCOC(CN)C2)nc1C. The van der Waals surface area contributed by atoms with Crippen LogP contribution in [-0.2, 0) is 4.74 Å². The summed E-state index contributed by atoms with van der Waals surface area (Å²) >= 11 is 0. The topological polar surface area (TPSA) is 77.2 Å². The molecule has 0 aromatic carbocycles. The van der Waals surface area contributed by atoms with Gasteiger partial charge in [0.05, 0.1) is 24.1 Å². The molecular formula is C10H17N5O. The van der Waals surface area contributed by atoms with Gasteiger partial charge in [0.2, 0.25) is 5.95 Å². The number of ether oxygens (including phenoxy) is 1. The van der Waals surface area contributed by atoms with Gasteiger partial charge in [-0.1, -0.05) is 0 Å². The first-order chi connectivity index (χ1) is 7.70. The average molecular weight is 223 g/mol. The fourth-order valence-electron chi connectivity index (χ4n) is 1.62. The summed E-state index contributed by atoms with van der Waals surface area (Å²) in [5, 5.41) is 8.18. The normalized spacial score (nSPS) is 21.2. The Balaban J connectivity index is 2.13. The van der Waals surface area contributed by atoms with Crippen LogP contribution in [-0.4, -0.2) is 47.5 Å². The van der Waals surface area contributed by atoms with Crippen molar-refractivity contribution in [2.45, 2.75) is 20.0 Å². The summed E-state index contributed by atoms with van der Waals surface area (Å²) in [5.41, 5.74) is 7.37. The monoisotopic (exact) mass is 223 g/mol. The number of rotatable bonds is 2. The van der Waals surface area contributed by atoms with E-state index in [9.17, 15) is 0 Å². The van der Waals surface area contributed by atoms with Crippen molar-refractivity contribution in [2.24, 2.45) is 5.73 Å². The Hall–Kier alpha value is -1.27. The number of hydrogen-bond acceptors (Lipinski definition) is 6. The molecule has 1 unspecified atom stereocenters. The van der Waals surface area contributed by atoms with Crippen molar-refractivity contribution >= 4 is 5.95 Å². The summed E-state index contributed by atoms with van der Waals surface area (Å²) in [6, 6.07) is 0. The molecule has 0 aliphatic carbocycles. The van der Waals surface area contributed by atoms with Crippen LogP contribution in [0.4, 0.5) is 5.95 Å². The smallest absolute Gasteiger partial charge is 0.245 e. The third-order valence-electron chi connectivity index (χ3n) is 2.77. The molecule has 0 bridgehead atoms. The quantitative estimate of drug-likeness (QED) is 0.738. The Bertz CT molecular complexity index is 370. The second-order valence-corrected chi connectivity index (χ2v) is 3.96. The minimum absolute atomic E-state index is 0.0685. The number of anilines is 1. The Morgan fingerprint density at radius 3 is 2.88 bits per heavy atom. The van der Waals surface area contributed by atoms with Crippen LogP contribution in [0, 0.1) is 13.8 Å². The van der Waals surface area contributed by atoms with Crippen LogP contribution in [0.25, 0.3) is 0 Å². The zero-order valence-corrected chi connectivity index (χ0v) is 9.68. The summed E-state index contributed by atoms with van der Waals surface area (Å²) < 4.78 is 5.49. The lowest BCUT2D eigenvalue weighted by Gasteiger charge is -2.32. The summed E-state index contributed by atoms with van der Waals surface area (Å²) in [5.74, 6) is 0.671. The van der Waals surface area contributed by atoms with Crippen LogP contribution in [0.2, 0.25) is 0 Å². The molecule has 1 aromatic heterocycles. The first kappa shape index (κ1) is 11.2. The molecule has 6 heteroatoms. The number of aromatic nitrogens is 3. The average Bonchev–Trinajstić information content (AvgIpc) is 2.33. The highest BCUT2D eigenvalue weighted by Crippen LogP contribution is 2.12. The highest BCUT2D eigenvalue weighted by molar-refractivity contribution is 5.30. The first-order valence-corrected chi connectivity index (χ1v) is 5.45. The zero-order valence-electron chi connectivity index (χ0n) is 9.68. The number of aryl methyl sites for hydroxylation is 2. The van der Waals surface area contributed by atoms with Gasteiger partial charge in [-0.05, 0) is 13.8 Å². The summed E-state index contributed by atoms with van der Waals surface area (Å²) in [6.07, 6.45) is 0.0685. The van der Waals surface area contributed by atoms with Crippen LogP contribution >= 0.6 is 0 Å². The maximum absolute atomic E-state index is 5.59. The standard InChI is InChI=1S/C10H17N5O/c1-7-8(2)13-14-10(12-7)15-3-4-16-9(5-11)6-15/h9H,3-6,11H2,1-2H3. The van der Waals surface area contributed by atoms with Gasteiger partial charge in [0, 0.05) is 19.6 Å². The summed E-state index contributed by atoms with van der Waals surface area (Å²) in [4.78, 5) is 6.49. The molecule has 1 atom stereocenters. The Morgan fingerprint density at radius 1 is 1.38 bits per heavy atom. The lowest BCUT2D eigenvalue weighted by atomic mass is 10.3. The Kier molecular flexibility index (Phi) is 3.31. The van der Waals surface area contributed by atoms with E-state index in [1.54, 1.807) is 0 Å². The van der Waals surface area contributed by atoms with E-state index >= 15 is 0 Å². The van der Waals surface area contributed by atoms with Gasteiger partial charge in [-0.25, -0.2) is 4.98 Å². The lowest BCUT2D eigenvalue weighted by molar-refractivity contribution is 0.0459. The molecule has 0 amide bonds. The summed E-state index contributed by atoms with van der Waals surface area (Å²) in [6.45, 7) is 6.56. The van der Waals surface area contributed by atoms with Gasteiger partial charge >= 0.3 is 0 Å². The number of morpholine rings is 1. The van der Waals surface area contributed by atoms with Crippen molar-refractivity contribution in [3.05, 3.63) is 11.4 Å². The zero-order chi connectivity index (χ0) is 11.5. The molecule has 1 aliphatic rings. The number of nitrogens with zero attached hydrogens (tertiary/aromatic N) is 4. The molecule has 2 N–H and O–H groups in total. The van der Waals surface area contributed by atoms with Crippen LogP contribution in [0.1, 0.15) is 11.4 Å². The predicted molar refractivity (Wildman–Crippen MR) is 60.3 cm³/mol. The van der Waals surface area contributed by atoms with E-state index in [2.05, 4.69) is 20.1 Å². The van der Waals surface area contributed by atoms with Crippen LogP contribution < -0.4 is 10.6 Å². The van der Waals surface area contributed by atoms with E-state index in [1.165, 1.54) is 0 Å². The number of nitrogens with two attached hydrogens (primary N) is 1. The van der Waals surface area contributed by atoms with E-state index in [4.69, 9.17) is 10.5 Å². The molecule has 2 rings (SSSR count). The predicted octanol–water partition coefficient (Wildman–Crippen LogP) is -0.348. The second kappa shape index (κ2) is 4.71. The van der Waals surface area contributed by atoms with Gasteiger partial charge < -0.3 is 15.4 Å². The summed E-state index contributed by atoms with van der Waals surface area (Å²) in [7, 11) is 0. The van der Waals surface area contributed by atoms with E-state index in [1.807, 2.05) is 13.8 Å². The van der Waals surface area contributed by atoms with Crippen LogP contribution in [0.3, 0.4) is 0 Å². The molecule has 1 aromatic rings. The molecule has 0 spiro atoms. The van der Waals surface area contributed by atoms with Crippen molar-refractivity contribution in [1.29, 1.82) is 0 Å². The van der Waals surface area contributed by atoms with Gasteiger partial charge in [-0.2, -0.15) is 5.10 Å². The molecule has 1 aliphatic heterocycles. The minimum atomic E-state index is 0.0685. The van der Waals surface area contributed by atoms with Gasteiger partial charge in [0.1, 0.15) is 0 Å². The highest BCUT2D eigenvalue weighted by Gasteiger charge is 2.21. The molecule has 2 heterocycles. The van der Waals surface area contributed by atoms with Crippen LogP contribution in [0.15, 0.2) is 0 Å². The van der Waals surface area contributed by atoms with E-state index in [0.717, 1.165) is 24.5 Å². The van der Waals surface area contributed by atoms with E-state index < -0.39 is 0 Å². The second-order valence-electron chi connectivity index (χ2n) is 3.96. The molecule has 0 saturated carbocycles. The Morgan fingerprint density at radius 2 is 2.19 bits per heavy atom. The highest BCUT2D eigenvalue weighted by atomic mass is 16.5. The fourth-order valence-corrected chi connectivity index (χ4v) is 1.62. The third-order valence-corrected chi connectivity index (χ3v) is 2.77. The molecular weight excluding hydrogens is 206 g/mol. The van der Waals surface area contributed by atoms with Crippen LogP contribution in [0.5, 0.6) is 0 Å². The first-order valence-electron chi connectivity index (χ1n) is 5.45.